The van der Waals surface area contributed by atoms with Crippen molar-refractivity contribution in [2.24, 2.45) is 5.92 Å². The van der Waals surface area contributed by atoms with Crippen LogP contribution in [0.2, 0.25) is 0 Å². The fraction of sp³-hybridized carbons (Fsp3) is 0.455. The fourth-order valence-electron chi connectivity index (χ4n) is 1.91. The van der Waals surface area contributed by atoms with Gasteiger partial charge in [0.05, 0.1) is 6.61 Å². The summed E-state index contributed by atoms with van der Waals surface area (Å²) in [6.45, 7) is 2.59. The van der Waals surface area contributed by atoms with Crippen LogP contribution in [0.15, 0.2) is 22.8 Å². The summed E-state index contributed by atoms with van der Waals surface area (Å²) in [5, 5.41) is 7.62. The molecule has 6 heteroatoms. The van der Waals surface area contributed by atoms with Crippen molar-refractivity contribution in [3.8, 4) is 0 Å². The normalized spacial score (nSPS) is 19.9. The summed E-state index contributed by atoms with van der Waals surface area (Å²) in [7, 11) is 0. The highest BCUT2D eigenvalue weighted by Gasteiger charge is 2.15. The van der Waals surface area contributed by atoms with Crippen molar-refractivity contribution in [1.82, 2.24) is 14.6 Å². The Labute approximate surface area is 107 Å². The van der Waals surface area contributed by atoms with Crippen LogP contribution < -0.4 is 5.32 Å². The lowest BCUT2D eigenvalue weighted by Gasteiger charge is -2.06. The highest BCUT2D eigenvalue weighted by atomic mass is 79.9. The van der Waals surface area contributed by atoms with E-state index in [0.29, 0.717) is 11.9 Å². The third-order valence-corrected chi connectivity index (χ3v) is 3.34. The molecule has 3 rings (SSSR count). The second-order valence-corrected chi connectivity index (χ2v) is 5.11. The van der Waals surface area contributed by atoms with Gasteiger partial charge in [0.1, 0.15) is 0 Å². The average molecular weight is 297 g/mol. The molecule has 17 heavy (non-hydrogen) atoms. The quantitative estimate of drug-likeness (QED) is 0.940. The highest BCUT2D eigenvalue weighted by Crippen LogP contribution is 2.14. The number of aromatic nitrogens is 3. The number of fused-ring (bicyclic) bond motifs is 1. The van der Waals surface area contributed by atoms with E-state index < -0.39 is 0 Å². The number of halogens is 1. The predicted octanol–water partition coefficient (Wildman–Crippen LogP) is 1.94. The number of pyridine rings is 1. The van der Waals surface area contributed by atoms with E-state index in [-0.39, 0.29) is 0 Å². The monoisotopic (exact) mass is 296 g/mol. The molecule has 0 radical (unpaired) electrons. The second kappa shape index (κ2) is 4.62. The third kappa shape index (κ3) is 2.42. The standard InChI is InChI=1S/C11H13BrN4O/c12-9-1-2-10-14-11(15-16(10)6-9)13-5-8-3-4-17-7-8/h1-2,6,8H,3-5,7H2,(H,13,15). The summed E-state index contributed by atoms with van der Waals surface area (Å²) in [5.41, 5.74) is 0.846. The van der Waals surface area contributed by atoms with E-state index in [9.17, 15) is 0 Å². The van der Waals surface area contributed by atoms with Crippen LogP contribution in [0.4, 0.5) is 5.95 Å². The van der Waals surface area contributed by atoms with Gasteiger partial charge in [-0.05, 0) is 34.5 Å². The SMILES string of the molecule is Brc1ccc2nc(NCC3CCOC3)nn2c1. The Balaban J connectivity index is 1.72. The number of nitrogens with zero attached hydrogens (tertiary/aromatic N) is 3. The smallest absolute Gasteiger partial charge is 0.243 e. The van der Waals surface area contributed by atoms with Crippen LogP contribution >= 0.6 is 15.9 Å². The lowest BCUT2D eigenvalue weighted by Crippen LogP contribution is -2.14. The molecule has 0 amide bonds. The number of hydrogen-bond donors (Lipinski definition) is 1. The zero-order valence-electron chi connectivity index (χ0n) is 9.27. The van der Waals surface area contributed by atoms with Crippen LogP contribution in [-0.4, -0.2) is 34.4 Å². The summed E-state index contributed by atoms with van der Waals surface area (Å²) >= 11 is 3.41. The summed E-state index contributed by atoms with van der Waals surface area (Å²) < 4.78 is 8.08. The van der Waals surface area contributed by atoms with Crippen LogP contribution in [0.1, 0.15) is 6.42 Å². The second-order valence-electron chi connectivity index (χ2n) is 4.20. The maximum Gasteiger partial charge on any atom is 0.243 e. The van der Waals surface area contributed by atoms with Gasteiger partial charge >= 0.3 is 0 Å². The van der Waals surface area contributed by atoms with E-state index in [1.165, 1.54) is 0 Å². The minimum absolute atomic E-state index is 0.577. The molecule has 1 unspecified atom stereocenters. The summed E-state index contributed by atoms with van der Waals surface area (Å²) in [5.74, 6) is 1.25. The molecule has 0 saturated carbocycles. The van der Waals surface area contributed by atoms with Crippen molar-refractivity contribution in [3.63, 3.8) is 0 Å². The molecule has 2 aromatic rings. The van der Waals surface area contributed by atoms with Crippen LogP contribution in [0, 0.1) is 5.92 Å². The molecular weight excluding hydrogens is 284 g/mol. The Kier molecular flexibility index (Phi) is 2.98. The first-order chi connectivity index (χ1) is 8.31. The van der Waals surface area contributed by atoms with E-state index in [0.717, 1.165) is 36.3 Å². The molecule has 0 spiro atoms. The number of anilines is 1. The Morgan fingerprint density at radius 2 is 2.47 bits per heavy atom. The topological polar surface area (TPSA) is 51.5 Å². The molecule has 1 N–H and O–H groups in total. The molecule has 1 aliphatic heterocycles. The van der Waals surface area contributed by atoms with Crippen LogP contribution in [0.3, 0.4) is 0 Å². The zero-order valence-corrected chi connectivity index (χ0v) is 10.9. The first-order valence-corrected chi connectivity index (χ1v) is 6.44. The van der Waals surface area contributed by atoms with Gasteiger partial charge in [-0.25, -0.2) is 4.52 Å². The molecule has 0 aromatic carbocycles. The van der Waals surface area contributed by atoms with Crippen LogP contribution in [0.5, 0.6) is 0 Å². The number of ether oxygens (including phenoxy) is 1. The Morgan fingerprint density at radius 3 is 3.29 bits per heavy atom. The van der Waals surface area contributed by atoms with Crippen molar-refractivity contribution in [2.45, 2.75) is 6.42 Å². The first-order valence-electron chi connectivity index (χ1n) is 5.65. The van der Waals surface area contributed by atoms with Gasteiger partial charge in [0.25, 0.3) is 0 Å². The minimum atomic E-state index is 0.577. The highest BCUT2D eigenvalue weighted by molar-refractivity contribution is 9.10. The Bertz CT molecular complexity index is 521. The number of nitrogens with one attached hydrogen (secondary N) is 1. The van der Waals surface area contributed by atoms with E-state index >= 15 is 0 Å². The van der Waals surface area contributed by atoms with Crippen LogP contribution in [0.25, 0.3) is 5.65 Å². The zero-order chi connectivity index (χ0) is 11.7. The average Bonchev–Trinajstić information content (AvgIpc) is 2.94. The fourth-order valence-corrected chi connectivity index (χ4v) is 2.24. The van der Waals surface area contributed by atoms with Gasteiger partial charge in [0, 0.05) is 29.7 Å². The van der Waals surface area contributed by atoms with Crippen molar-refractivity contribution in [1.29, 1.82) is 0 Å². The Morgan fingerprint density at radius 1 is 1.53 bits per heavy atom. The number of hydrogen-bond acceptors (Lipinski definition) is 4. The molecule has 1 atom stereocenters. The lowest BCUT2D eigenvalue weighted by molar-refractivity contribution is 0.187. The molecule has 3 heterocycles. The van der Waals surface area contributed by atoms with E-state index in [1.54, 1.807) is 4.52 Å². The van der Waals surface area contributed by atoms with Crippen molar-refractivity contribution in [2.75, 3.05) is 25.1 Å². The molecule has 0 aliphatic carbocycles. The molecule has 2 aromatic heterocycles. The van der Waals surface area contributed by atoms with Gasteiger partial charge in [0.2, 0.25) is 5.95 Å². The molecule has 1 fully saturated rings. The van der Waals surface area contributed by atoms with Gasteiger partial charge in [-0.15, -0.1) is 5.10 Å². The van der Waals surface area contributed by atoms with Gasteiger partial charge in [-0.1, -0.05) is 0 Å². The maximum absolute atomic E-state index is 5.33. The van der Waals surface area contributed by atoms with Crippen molar-refractivity contribution >= 4 is 27.5 Å². The predicted molar refractivity (Wildman–Crippen MR) is 68.1 cm³/mol. The molecular formula is C11H13BrN4O. The molecule has 1 aliphatic rings. The minimum Gasteiger partial charge on any atom is -0.381 e. The maximum atomic E-state index is 5.33. The molecule has 90 valence electrons. The first kappa shape index (κ1) is 11.0. The third-order valence-electron chi connectivity index (χ3n) is 2.87. The van der Waals surface area contributed by atoms with Gasteiger partial charge in [-0.2, -0.15) is 4.98 Å². The van der Waals surface area contributed by atoms with E-state index in [4.69, 9.17) is 4.74 Å². The summed E-state index contributed by atoms with van der Waals surface area (Å²) in [6, 6.07) is 3.89. The Hall–Kier alpha value is -1.14. The van der Waals surface area contributed by atoms with Gasteiger partial charge in [-0.3, -0.25) is 0 Å². The molecule has 5 nitrogen and oxygen atoms in total. The van der Waals surface area contributed by atoms with Gasteiger partial charge in [0.15, 0.2) is 5.65 Å². The largest absolute Gasteiger partial charge is 0.381 e. The van der Waals surface area contributed by atoms with Gasteiger partial charge < -0.3 is 10.1 Å². The summed E-state index contributed by atoms with van der Waals surface area (Å²) in [6.07, 6.45) is 3.01. The van der Waals surface area contributed by atoms with E-state index in [2.05, 4.69) is 31.3 Å². The molecule has 1 saturated heterocycles. The molecule has 0 bridgehead atoms. The van der Waals surface area contributed by atoms with Crippen molar-refractivity contribution < 1.29 is 4.74 Å². The van der Waals surface area contributed by atoms with Crippen molar-refractivity contribution in [3.05, 3.63) is 22.8 Å². The lowest BCUT2D eigenvalue weighted by atomic mass is 10.1. The van der Waals surface area contributed by atoms with Crippen LogP contribution in [-0.2, 0) is 4.74 Å². The number of rotatable bonds is 3. The van der Waals surface area contributed by atoms with E-state index in [1.807, 2.05) is 18.3 Å². The summed E-state index contributed by atoms with van der Waals surface area (Å²) in [4.78, 5) is 4.39.